The van der Waals surface area contributed by atoms with Gasteiger partial charge in [-0.15, -0.1) is 0 Å². The molecule has 0 radical (unpaired) electrons. The molecule has 0 amide bonds. The van der Waals surface area contributed by atoms with Crippen LogP contribution in [0.5, 0.6) is 0 Å². The Balaban J connectivity index is 1.68. The van der Waals surface area contributed by atoms with Crippen LogP contribution < -0.4 is 5.32 Å². The summed E-state index contributed by atoms with van der Waals surface area (Å²) >= 11 is 0. The molecule has 2 unspecified atom stereocenters. The van der Waals surface area contributed by atoms with Gasteiger partial charge in [0.2, 0.25) is 0 Å². The van der Waals surface area contributed by atoms with E-state index in [1.807, 2.05) is 12.1 Å². The van der Waals surface area contributed by atoms with Gasteiger partial charge in [-0.25, -0.2) is 4.39 Å². The molecule has 3 rings (SSSR count). The molecule has 0 spiro atoms. The maximum atomic E-state index is 13.4. The van der Waals surface area contributed by atoms with Crippen molar-refractivity contribution in [1.82, 2.24) is 5.32 Å². The molecule has 27 heavy (non-hydrogen) atoms. The van der Waals surface area contributed by atoms with Gasteiger partial charge in [-0.2, -0.15) is 0 Å². The van der Waals surface area contributed by atoms with Gasteiger partial charge in [0.25, 0.3) is 0 Å². The van der Waals surface area contributed by atoms with E-state index in [1.165, 1.54) is 43.2 Å². The Morgan fingerprint density at radius 3 is 2.41 bits per heavy atom. The molecule has 146 valence electrons. The van der Waals surface area contributed by atoms with Gasteiger partial charge >= 0.3 is 0 Å². The second-order valence-electron chi connectivity index (χ2n) is 8.01. The van der Waals surface area contributed by atoms with Crippen LogP contribution >= 0.6 is 0 Å². The summed E-state index contributed by atoms with van der Waals surface area (Å²) in [5, 5.41) is 13.7. The zero-order chi connectivity index (χ0) is 19.1. The van der Waals surface area contributed by atoms with Crippen LogP contribution in [0.4, 0.5) is 4.39 Å². The molecule has 0 aromatic heterocycles. The predicted octanol–water partition coefficient (Wildman–Crippen LogP) is 5.20. The number of halogens is 1. The van der Waals surface area contributed by atoms with Gasteiger partial charge in [0, 0.05) is 19.2 Å². The first kappa shape index (κ1) is 20.0. The number of nitrogens with one attached hydrogen (secondary N) is 1. The van der Waals surface area contributed by atoms with Crippen LogP contribution in [-0.2, 0) is 6.42 Å². The first-order valence-electron chi connectivity index (χ1n) is 10.3. The van der Waals surface area contributed by atoms with E-state index in [-0.39, 0.29) is 24.4 Å². The van der Waals surface area contributed by atoms with Gasteiger partial charge in [-0.3, -0.25) is 0 Å². The van der Waals surface area contributed by atoms with Crippen molar-refractivity contribution in [1.29, 1.82) is 0 Å². The molecule has 2 atom stereocenters. The monoisotopic (exact) mass is 369 g/mol. The molecule has 1 fully saturated rings. The van der Waals surface area contributed by atoms with E-state index < -0.39 is 0 Å². The summed E-state index contributed by atoms with van der Waals surface area (Å²) in [4.78, 5) is 0. The molecule has 2 aromatic carbocycles. The lowest BCUT2D eigenvalue weighted by Gasteiger charge is -2.32. The van der Waals surface area contributed by atoms with Crippen molar-refractivity contribution in [3.05, 3.63) is 71.0 Å². The average Bonchev–Trinajstić information content (AvgIpc) is 2.71. The third-order valence-corrected chi connectivity index (χ3v) is 6.00. The van der Waals surface area contributed by atoms with Gasteiger partial charge in [-0.1, -0.05) is 55.7 Å². The van der Waals surface area contributed by atoms with Gasteiger partial charge < -0.3 is 10.4 Å². The number of aliphatic hydroxyl groups is 1. The van der Waals surface area contributed by atoms with Crippen LogP contribution in [-0.4, -0.2) is 18.3 Å². The van der Waals surface area contributed by atoms with Gasteiger partial charge in [0.1, 0.15) is 5.82 Å². The standard InChI is InChI=1S/C24H32FNO/c1-18-7-5-6-10-22(18)15-19(17-27)16-26-24(20-8-3-2-4-9-20)21-11-13-23(25)14-12-21/h5-7,10-14,19-20,24,26-27H,2-4,8-9,15-17H2,1H3. The van der Waals surface area contributed by atoms with Crippen molar-refractivity contribution in [3.8, 4) is 0 Å². The SMILES string of the molecule is Cc1ccccc1CC(CO)CNC(c1ccc(F)cc1)C1CCCCC1. The van der Waals surface area contributed by atoms with Crippen molar-refractivity contribution < 1.29 is 9.50 Å². The number of hydrogen-bond donors (Lipinski definition) is 2. The maximum absolute atomic E-state index is 13.4. The van der Waals surface area contributed by atoms with Crippen molar-refractivity contribution in [2.45, 2.75) is 51.5 Å². The Morgan fingerprint density at radius 1 is 1.04 bits per heavy atom. The van der Waals surface area contributed by atoms with Crippen molar-refractivity contribution in [2.24, 2.45) is 11.8 Å². The van der Waals surface area contributed by atoms with Crippen LogP contribution in [0.2, 0.25) is 0 Å². The third kappa shape index (κ3) is 5.63. The Hall–Kier alpha value is -1.71. The normalized spacial score (nSPS) is 17.6. The molecule has 0 saturated heterocycles. The van der Waals surface area contributed by atoms with Crippen LogP contribution in [0.15, 0.2) is 48.5 Å². The number of aryl methyl sites for hydroxylation is 1. The smallest absolute Gasteiger partial charge is 0.123 e. The number of rotatable bonds is 8. The first-order valence-corrected chi connectivity index (χ1v) is 10.3. The summed E-state index contributed by atoms with van der Waals surface area (Å²) in [5.74, 6) is 0.577. The van der Waals surface area contributed by atoms with E-state index in [4.69, 9.17) is 0 Å². The van der Waals surface area contributed by atoms with E-state index in [0.717, 1.165) is 18.5 Å². The number of aliphatic hydroxyl groups excluding tert-OH is 1. The molecule has 2 N–H and O–H groups in total. The largest absolute Gasteiger partial charge is 0.396 e. The fourth-order valence-corrected chi connectivity index (χ4v) is 4.34. The van der Waals surface area contributed by atoms with Crippen molar-refractivity contribution in [2.75, 3.05) is 13.2 Å². The lowest BCUT2D eigenvalue weighted by Crippen LogP contribution is -2.35. The van der Waals surface area contributed by atoms with E-state index in [9.17, 15) is 9.50 Å². The molecule has 0 heterocycles. The predicted molar refractivity (Wildman–Crippen MR) is 109 cm³/mol. The second-order valence-corrected chi connectivity index (χ2v) is 8.01. The number of hydrogen-bond acceptors (Lipinski definition) is 2. The van der Waals surface area contributed by atoms with Crippen LogP contribution in [0.1, 0.15) is 54.8 Å². The molecule has 1 aliphatic carbocycles. The summed E-state index contributed by atoms with van der Waals surface area (Å²) in [5.41, 5.74) is 3.74. The van der Waals surface area contributed by atoms with E-state index in [1.54, 1.807) is 12.1 Å². The van der Waals surface area contributed by atoms with Crippen molar-refractivity contribution in [3.63, 3.8) is 0 Å². The first-order chi connectivity index (χ1) is 13.2. The Kier molecular flexibility index (Phi) is 7.42. The Labute approximate surface area is 162 Å². The lowest BCUT2D eigenvalue weighted by atomic mass is 9.81. The minimum absolute atomic E-state index is 0.169. The summed E-state index contributed by atoms with van der Waals surface area (Å²) in [6.07, 6.45) is 7.18. The molecule has 3 heteroatoms. The molecular formula is C24H32FNO. The maximum Gasteiger partial charge on any atom is 0.123 e. The molecule has 2 nitrogen and oxygen atoms in total. The van der Waals surface area contributed by atoms with Crippen LogP contribution in [0, 0.1) is 24.6 Å². The zero-order valence-electron chi connectivity index (χ0n) is 16.3. The highest BCUT2D eigenvalue weighted by Crippen LogP contribution is 2.34. The van der Waals surface area contributed by atoms with Crippen molar-refractivity contribution >= 4 is 0 Å². The second kappa shape index (κ2) is 10.0. The molecular weight excluding hydrogens is 337 g/mol. The minimum Gasteiger partial charge on any atom is -0.396 e. The summed E-state index contributed by atoms with van der Waals surface area (Å²) in [6, 6.07) is 15.6. The van der Waals surface area contributed by atoms with Crippen LogP contribution in [0.3, 0.4) is 0 Å². The van der Waals surface area contributed by atoms with E-state index in [2.05, 4.69) is 36.5 Å². The van der Waals surface area contributed by atoms with E-state index >= 15 is 0 Å². The molecule has 0 bridgehead atoms. The molecule has 1 saturated carbocycles. The highest BCUT2D eigenvalue weighted by atomic mass is 19.1. The molecule has 2 aromatic rings. The number of benzene rings is 2. The molecule has 0 aliphatic heterocycles. The van der Waals surface area contributed by atoms with Gasteiger partial charge in [0.05, 0.1) is 0 Å². The Morgan fingerprint density at radius 2 is 1.74 bits per heavy atom. The lowest BCUT2D eigenvalue weighted by molar-refractivity contribution is 0.203. The van der Waals surface area contributed by atoms with Gasteiger partial charge in [0.15, 0.2) is 0 Å². The average molecular weight is 370 g/mol. The van der Waals surface area contributed by atoms with Gasteiger partial charge in [-0.05, 0) is 66.8 Å². The fraction of sp³-hybridized carbons (Fsp3) is 0.500. The third-order valence-electron chi connectivity index (χ3n) is 6.00. The Bertz CT molecular complexity index is 694. The summed E-state index contributed by atoms with van der Waals surface area (Å²) < 4.78 is 13.4. The zero-order valence-corrected chi connectivity index (χ0v) is 16.3. The van der Waals surface area contributed by atoms with E-state index in [0.29, 0.717) is 5.92 Å². The summed E-state index contributed by atoms with van der Waals surface area (Å²) in [6.45, 7) is 3.06. The highest BCUT2D eigenvalue weighted by molar-refractivity contribution is 5.26. The molecule has 1 aliphatic rings. The van der Waals surface area contributed by atoms with Crippen LogP contribution in [0.25, 0.3) is 0 Å². The highest BCUT2D eigenvalue weighted by Gasteiger charge is 2.25. The minimum atomic E-state index is -0.186. The topological polar surface area (TPSA) is 32.3 Å². The summed E-state index contributed by atoms with van der Waals surface area (Å²) in [7, 11) is 0. The quantitative estimate of drug-likeness (QED) is 0.671. The fourth-order valence-electron chi connectivity index (χ4n) is 4.34.